The fourth-order valence-corrected chi connectivity index (χ4v) is 3.45. The highest BCUT2D eigenvalue weighted by Crippen LogP contribution is 2.67. The summed E-state index contributed by atoms with van der Waals surface area (Å²) >= 11 is 0. The molecule has 0 bridgehead atoms. The minimum Gasteiger partial charge on any atom is -0.375 e. The lowest BCUT2D eigenvalue weighted by atomic mass is 10.2. The summed E-state index contributed by atoms with van der Waals surface area (Å²) < 4.78 is 26.8. The summed E-state index contributed by atoms with van der Waals surface area (Å²) in [5.74, 6) is 0. The van der Waals surface area contributed by atoms with Gasteiger partial charge in [-0.05, 0) is 19.4 Å². The van der Waals surface area contributed by atoms with Gasteiger partial charge in [0.2, 0.25) is 0 Å². The van der Waals surface area contributed by atoms with Gasteiger partial charge in [0.25, 0.3) is 5.08 Å². The minimum atomic E-state index is -5.42. The van der Waals surface area contributed by atoms with Crippen LogP contribution in [0.1, 0.15) is 12.8 Å². The van der Waals surface area contributed by atoms with Gasteiger partial charge in [-0.3, -0.25) is 9.13 Å². The summed E-state index contributed by atoms with van der Waals surface area (Å²) in [5, 5.41) is 9.02. The molecule has 0 aliphatic carbocycles. The molecule has 1 heterocycles. The van der Waals surface area contributed by atoms with Gasteiger partial charge >= 0.3 is 15.2 Å². The van der Waals surface area contributed by atoms with E-state index in [1.165, 1.54) is 0 Å². The van der Waals surface area contributed by atoms with Gasteiger partial charge in [0.15, 0.2) is 0 Å². The fourth-order valence-electron chi connectivity index (χ4n) is 1.57. The molecule has 9 nitrogen and oxygen atoms in total. The Bertz CT molecular complexity index is 348. The molecule has 6 N–H and O–H groups in total. The van der Waals surface area contributed by atoms with Crippen molar-refractivity contribution in [2.24, 2.45) is 0 Å². The predicted octanol–water partition coefficient (Wildman–Crippen LogP) is -1.24. The quantitative estimate of drug-likeness (QED) is 0.330. The number of rotatable bonds is 6. The lowest BCUT2D eigenvalue weighted by Gasteiger charge is -2.29. The second kappa shape index (κ2) is 5.66. The van der Waals surface area contributed by atoms with E-state index in [0.29, 0.717) is 0 Å². The molecule has 1 aliphatic heterocycles. The zero-order chi connectivity index (χ0) is 14.0. The van der Waals surface area contributed by atoms with E-state index in [2.05, 4.69) is 5.32 Å². The van der Waals surface area contributed by atoms with Crippen molar-refractivity contribution >= 4 is 15.2 Å². The van der Waals surface area contributed by atoms with Gasteiger partial charge in [-0.2, -0.15) is 0 Å². The first kappa shape index (κ1) is 16.2. The van der Waals surface area contributed by atoms with Crippen molar-refractivity contribution in [3.8, 4) is 0 Å². The lowest BCUT2D eigenvalue weighted by Crippen LogP contribution is -2.36. The molecule has 1 rings (SSSR count). The second-order valence-corrected chi connectivity index (χ2v) is 8.18. The first-order valence-corrected chi connectivity index (χ1v) is 8.45. The van der Waals surface area contributed by atoms with Crippen molar-refractivity contribution in [2.75, 3.05) is 19.8 Å². The maximum atomic E-state index is 11.0. The summed E-state index contributed by atoms with van der Waals surface area (Å²) in [7, 11) is -10.8. The van der Waals surface area contributed by atoms with E-state index >= 15 is 0 Å². The lowest BCUT2D eigenvalue weighted by molar-refractivity contribution is 0.0188. The Morgan fingerprint density at radius 2 is 1.78 bits per heavy atom. The molecule has 0 saturated carbocycles. The van der Waals surface area contributed by atoms with Gasteiger partial charge in [0, 0.05) is 6.04 Å². The van der Waals surface area contributed by atoms with Crippen molar-refractivity contribution < 1.29 is 38.5 Å². The fraction of sp³-hybridized carbons (Fsp3) is 1.00. The Balaban J connectivity index is 2.63. The van der Waals surface area contributed by atoms with Gasteiger partial charge in [0.05, 0.1) is 13.2 Å². The number of hydrogen-bond acceptors (Lipinski definition) is 5. The third-order valence-electron chi connectivity index (χ3n) is 2.71. The molecule has 0 aromatic heterocycles. The van der Waals surface area contributed by atoms with E-state index in [1.54, 1.807) is 0 Å². The summed E-state index contributed by atoms with van der Waals surface area (Å²) in [4.78, 5) is 35.4. The highest BCUT2D eigenvalue weighted by molar-refractivity contribution is 7.72. The maximum absolute atomic E-state index is 11.0. The average Bonchev–Trinajstić information content (AvgIpc) is 2.66. The first-order chi connectivity index (χ1) is 8.08. The van der Waals surface area contributed by atoms with E-state index in [1.807, 2.05) is 0 Å². The van der Waals surface area contributed by atoms with Crippen LogP contribution in [0.25, 0.3) is 0 Å². The van der Waals surface area contributed by atoms with Gasteiger partial charge in [0.1, 0.15) is 0 Å². The molecule has 0 aromatic rings. The molecule has 0 spiro atoms. The van der Waals surface area contributed by atoms with Crippen molar-refractivity contribution in [3.63, 3.8) is 0 Å². The molecule has 0 amide bonds. The average molecular weight is 305 g/mol. The number of hydrogen-bond donors (Lipinski definition) is 6. The second-order valence-electron chi connectivity index (χ2n) is 4.17. The van der Waals surface area contributed by atoms with Crippen LogP contribution < -0.4 is 5.32 Å². The van der Waals surface area contributed by atoms with Gasteiger partial charge in [-0.15, -0.1) is 0 Å². The van der Waals surface area contributed by atoms with Gasteiger partial charge < -0.3 is 34.7 Å². The van der Waals surface area contributed by atoms with Crippen molar-refractivity contribution in [2.45, 2.75) is 24.0 Å². The third-order valence-corrected chi connectivity index (χ3v) is 6.40. The van der Waals surface area contributed by atoms with Crippen molar-refractivity contribution in [1.29, 1.82) is 0 Å². The minimum absolute atomic E-state index is 0.0162. The monoisotopic (exact) mass is 305 g/mol. The number of aliphatic hydroxyl groups is 1. The summed E-state index contributed by atoms with van der Waals surface area (Å²) in [5.41, 5.74) is 0. The molecule has 1 fully saturated rings. The molecule has 1 saturated heterocycles. The first-order valence-electron chi connectivity index (χ1n) is 5.23. The van der Waals surface area contributed by atoms with E-state index in [0.717, 1.165) is 19.4 Å². The Morgan fingerprint density at radius 3 is 2.17 bits per heavy atom. The molecule has 0 aromatic carbocycles. The summed E-state index contributed by atoms with van der Waals surface area (Å²) in [6, 6.07) is -0.0391. The molecule has 11 heteroatoms. The molecular formula is C7H17NO8P2. The van der Waals surface area contributed by atoms with E-state index < -0.39 is 26.9 Å². The van der Waals surface area contributed by atoms with Crippen molar-refractivity contribution in [3.05, 3.63) is 0 Å². The van der Waals surface area contributed by atoms with Gasteiger partial charge in [-0.1, -0.05) is 0 Å². The number of ether oxygens (including phenoxy) is 1. The Hall–Kier alpha value is 0.180. The van der Waals surface area contributed by atoms with Gasteiger partial charge in [-0.25, -0.2) is 0 Å². The van der Waals surface area contributed by atoms with Crippen LogP contribution in [0, 0.1) is 0 Å². The molecule has 108 valence electrons. The predicted molar refractivity (Wildman–Crippen MR) is 60.9 cm³/mol. The van der Waals surface area contributed by atoms with Crippen molar-refractivity contribution in [1.82, 2.24) is 5.32 Å². The normalized spacial score (nSPS) is 22.4. The Kier molecular flexibility index (Phi) is 5.11. The number of nitrogens with one attached hydrogen (secondary N) is 1. The van der Waals surface area contributed by atoms with E-state index in [-0.39, 0.29) is 12.6 Å². The molecule has 0 unspecified atom stereocenters. The Morgan fingerprint density at radius 1 is 1.22 bits per heavy atom. The van der Waals surface area contributed by atoms with Crippen LogP contribution >= 0.6 is 15.2 Å². The molecular weight excluding hydrogens is 288 g/mol. The van der Waals surface area contributed by atoms with E-state index in [9.17, 15) is 14.2 Å². The molecule has 18 heavy (non-hydrogen) atoms. The summed E-state index contributed by atoms with van der Waals surface area (Å²) in [6.45, 7) is -0.322. The Labute approximate surface area is 103 Å². The van der Waals surface area contributed by atoms with Crippen LogP contribution in [0.4, 0.5) is 0 Å². The topological polar surface area (TPSA) is 157 Å². The third kappa shape index (κ3) is 3.60. The molecule has 1 atom stereocenters. The molecule has 0 radical (unpaired) electrons. The zero-order valence-corrected chi connectivity index (χ0v) is 11.3. The smallest absolute Gasteiger partial charge is 0.371 e. The van der Waals surface area contributed by atoms with Crippen LogP contribution in [0.3, 0.4) is 0 Å². The maximum Gasteiger partial charge on any atom is 0.371 e. The standard InChI is InChI=1S/C7H17NO8P2/c9-7(17(10,11)12,18(13,14)15)5-16-4-6-2-1-3-8-6/h6,8-9H,1-5H2,(H2,10,11,12)(H2,13,14,15)/t6-/m0/s1. The SMILES string of the molecule is O=P(O)(O)C(O)(COC[C@@H]1CCCN1)P(=O)(O)O. The van der Waals surface area contributed by atoms with E-state index in [4.69, 9.17) is 24.3 Å². The molecule has 1 aliphatic rings. The van der Waals surface area contributed by atoms with Crippen LogP contribution in [0.2, 0.25) is 0 Å². The van der Waals surface area contributed by atoms with Crippen LogP contribution in [-0.4, -0.2) is 55.6 Å². The highest BCUT2D eigenvalue weighted by Gasteiger charge is 2.59. The van der Waals surface area contributed by atoms with Crippen LogP contribution in [0.5, 0.6) is 0 Å². The highest BCUT2D eigenvalue weighted by atomic mass is 31.2. The zero-order valence-electron chi connectivity index (χ0n) is 9.47. The van der Waals surface area contributed by atoms with Crippen LogP contribution in [0.15, 0.2) is 0 Å². The largest absolute Gasteiger partial charge is 0.375 e. The van der Waals surface area contributed by atoms with Crippen LogP contribution in [-0.2, 0) is 13.9 Å². The summed E-state index contributed by atoms with van der Waals surface area (Å²) in [6.07, 6.45) is 1.72.